The first-order chi connectivity index (χ1) is 14.1. The van der Waals surface area contributed by atoms with Crippen molar-refractivity contribution in [2.24, 2.45) is 0 Å². The lowest BCUT2D eigenvalue weighted by molar-refractivity contribution is 0.112. The van der Waals surface area contributed by atoms with E-state index in [0.717, 1.165) is 45.6 Å². The average Bonchev–Trinajstić information content (AvgIpc) is 3.21. The van der Waals surface area contributed by atoms with Crippen molar-refractivity contribution in [1.82, 2.24) is 9.97 Å². The van der Waals surface area contributed by atoms with Crippen molar-refractivity contribution in [2.75, 3.05) is 0 Å². The number of H-pyrrole nitrogens is 1. The van der Waals surface area contributed by atoms with Crippen molar-refractivity contribution in [3.8, 4) is 22.4 Å². The second kappa shape index (κ2) is 8.29. The third-order valence-electron chi connectivity index (χ3n) is 4.73. The lowest BCUT2D eigenvalue weighted by Gasteiger charge is -2.03. The number of halogens is 1. The van der Waals surface area contributed by atoms with Crippen LogP contribution in [-0.2, 0) is 0 Å². The van der Waals surface area contributed by atoms with Crippen molar-refractivity contribution < 1.29 is 4.79 Å². The van der Waals surface area contributed by atoms with Crippen LogP contribution < -0.4 is 0 Å². The summed E-state index contributed by atoms with van der Waals surface area (Å²) in [5.74, 6) is 0.769. The lowest BCUT2D eigenvalue weighted by atomic mass is 10.0. The molecular weight excluding hydrogens is 380 g/mol. The normalized spacial score (nSPS) is 11.1. The van der Waals surface area contributed by atoms with Gasteiger partial charge in [-0.05, 0) is 41.3 Å². The van der Waals surface area contributed by atoms with Crippen LogP contribution in [0.3, 0.4) is 0 Å². The molecule has 0 amide bonds. The summed E-state index contributed by atoms with van der Waals surface area (Å²) < 4.78 is 0. The molecule has 0 bridgehead atoms. The maximum Gasteiger partial charge on any atom is 0.150 e. The number of hydrogen-bond acceptors (Lipinski definition) is 2. The Hall–Kier alpha value is -3.43. The molecule has 0 radical (unpaired) electrons. The highest BCUT2D eigenvalue weighted by Crippen LogP contribution is 2.27. The number of aryl methyl sites for hydroxylation is 1. The Balaban J connectivity index is 1.49. The van der Waals surface area contributed by atoms with E-state index in [9.17, 15) is 4.79 Å². The van der Waals surface area contributed by atoms with Gasteiger partial charge in [0.2, 0.25) is 0 Å². The fourth-order valence-corrected chi connectivity index (χ4v) is 3.45. The van der Waals surface area contributed by atoms with Gasteiger partial charge in [-0.2, -0.15) is 0 Å². The molecular formula is C25H19ClN2O. The topological polar surface area (TPSA) is 45.8 Å². The zero-order valence-electron chi connectivity index (χ0n) is 15.9. The highest BCUT2D eigenvalue weighted by Gasteiger charge is 2.06. The molecule has 0 aliphatic carbocycles. The Bertz CT molecular complexity index is 1170. The minimum Gasteiger partial charge on any atom is -0.338 e. The number of nitrogens with zero attached hydrogens (tertiary/aromatic N) is 1. The number of aromatic amines is 1. The van der Waals surface area contributed by atoms with Crippen LogP contribution in [0.4, 0.5) is 0 Å². The van der Waals surface area contributed by atoms with Crippen molar-refractivity contribution in [1.29, 1.82) is 0 Å². The fraction of sp³-hybridized carbons (Fsp3) is 0.0400. The molecule has 3 nitrogen and oxygen atoms in total. The van der Waals surface area contributed by atoms with Gasteiger partial charge in [0.15, 0.2) is 0 Å². The molecule has 1 aromatic heterocycles. The molecule has 0 aliphatic rings. The summed E-state index contributed by atoms with van der Waals surface area (Å²) >= 11 is 6.35. The predicted molar refractivity (Wildman–Crippen MR) is 120 cm³/mol. The smallest absolute Gasteiger partial charge is 0.150 e. The molecule has 0 fully saturated rings. The van der Waals surface area contributed by atoms with Gasteiger partial charge in [-0.15, -0.1) is 0 Å². The first-order valence-electron chi connectivity index (χ1n) is 9.28. The van der Waals surface area contributed by atoms with E-state index in [4.69, 9.17) is 11.6 Å². The molecule has 1 heterocycles. The summed E-state index contributed by atoms with van der Waals surface area (Å²) in [6.45, 7) is 2.02. The number of carbonyl (C=O) groups is 1. The Kier molecular flexibility index (Phi) is 5.41. The van der Waals surface area contributed by atoms with E-state index in [1.165, 1.54) is 0 Å². The van der Waals surface area contributed by atoms with Crippen LogP contribution in [0, 0.1) is 6.92 Å². The number of aromatic nitrogens is 2. The Labute approximate surface area is 174 Å². The molecule has 0 unspecified atom stereocenters. The fourth-order valence-electron chi connectivity index (χ4n) is 3.11. The van der Waals surface area contributed by atoms with Gasteiger partial charge >= 0.3 is 0 Å². The number of imidazole rings is 1. The molecule has 4 aromatic rings. The molecule has 0 spiro atoms. The van der Waals surface area contributed by atoms with E-state index in [1.807, 2.05) is 61.5 Å². The highest BCUT2D eigenvalue weighted by atomic mass is 35.5. The van der Waals surface area contributed by atoms with Gasteiger partial charge < -0.3 is 4.98 Å². The monoisotopic (exact) mass is 398 g/mol. The molecule has 0 aliphatic heterocycles. The summed E-state index contributed by atoms with van der Waals surface area (Å²) in [6.07, 6.45) is 6.60. The second-order valence-electron chi connectivity index (χ2n) is 6.86. The molecule has 4 heteroatoms. The number of carbonyl (C=O) groups excluding carboxylic acids is 1. The van der Waals surface area contributed by atoms with Crippen molar-refractivity contribution in [3.05, 3.63) is 100 Å². The zero-order chi connectivity index (χ0) is 20.2. The molecule has 4 rings (SSSR count). The van der Waals surface area contributed by atoms with E-state index in [1.54, 1.807) is 6.20 Å². The number of aldehydes is 1. The highest BCUT2D eigenvalue weighted by molar-refractivity contribution is 6.33. The van der Waals surface area contributed by atoms with E-state index in [2.05, 4.69) is 34.2 Å². The van der Waals surface area contributed by atoms with Crippen LogP contribution in [0.2, 0.25) is 5.02 Å². The molecule has 1 N–H and O–H groups in total. The summed E-state index contributed by atoms with van der Waals surface area (Å²) in [7, 11) is 0. The molecule has 3 aromatic carbocycles. The van der Waals surface area contributed by atoms with Gasteiger partial charge in [0.1, 0.15) is 12.1 Å². The summed E-state index contributed by atoms with van der Waals surface area (Å²) in [5.41, 5.74) is 6.90. The summed E-state index contributed by atoms with van der Waals surface area (Å²) in [5, 5.41) is 0.709. The summed E-state index contributed by atoms with van der Waals surface area (Å²) in [4.78, 5) is 18.5. The first kappa shape index (κ1) is 18.9. The van der Waals surface area contributed by atoms with E-state index >= 15 is 0 Å². The number of rotatable bonds is 5. The molecule has 29 heavy (non-hydrogen) atoms. The van der Waals surface area contributed by atoms with E-state index in [0.29, 0.717) is 10.6 Å². The van der Waals surface area contributed by atoms with Crippen LogP contribution in [0.25, 0.3) is 34.5 Å². The van der Waals surface area contributed by atoms with Crippen LogP contribution in [0.5, 0.6) is 0 Å². The third kappa shape index (κ3) is 4.36. The molecule has 0 saturated heterocycles. The Morgan fingerprint density at radius 2 is 1.52 bits per heavy atom. The van der Waals surface area contributed by atoms with Gasteiger partial charge in [0.05, 0.1) is 16.9 Å². The lowest BCUT2D eigenvalue weighted by Crippen LogP contribution is -1.82. The largest absolute Gasteiger partial charge is 0.338 e. The third-order valence-corrected chi connectivity index (χ3v) is 5.05. The summed E-state index contributed by atoms with van der Waals surface area (Å²) in [6, 6.07) is 21.8. The van der Waals surface area contributed by atoms with Crippen molar-refractivity contribution >= 4 is 30.0 Å². The molecule has 0 atom stereocenters. The molecule has 0 saturated carbocycles. The van der Waals surface area contributed by atoms with Gasteiger partial charge in [-0.3, -0.25) is 4.79 Å². The van der Waals surface area contributed by atoms with Crippen LogP contribution in [-0.4, -0.2) is 16.3 Å². The SMILES string of the molecule is Cc1ccc(-c2cnc(/C=C/c3ccc(-c4ccc(C=O)cc4)cc3)[nH]2)c(Cl)c1. The van der Waals surface area contributed by atoms with Crippen LogP contribution in [0.1, 0.15) is 27.3 Å². The second-order valence-corrected chi connectivity index (χ2v) is 7.27. The number of benzene rings is 3. The minimum absolute atomic E-state index is 0.679. The Morgan fingerprint density at radius 1 is 0.862 bits per heavy atom. The quantitative estimate of drug-likeness (QED) is 0.380. The van der Waals surface area contributed by atoms with Gasteiger partial charge in [-0.1, -0.05) is 78.3 Å². The predicted octanol–water partition coefficient (Wildman–Crippen LogP) is 6.69. The van der Waals surface area contributed by atoms with Crippen LogP contribution in [0.15, 0.2) is 72.9 Å². The van der Waals surface area contributed by atoms with E-state index in [-0.39, 0.29) is 0 Å². The van der Waals surface area contributed by atoms with Crippen LogP contribution >= 0.6 is 11.6 Å². The zero-order valence-corrected chi connectivity index (χ0v) is 16.6. The Morgan fingerprint density at radius 3 is 2.14 bits per heavy atom. The standard InChI is InChI=1S/C25H19ClN2O/c1-17-2-12-22(23(26)14-17)24-15-27-25(28-24)13-7-18-3-8-20(9-4-18)21-10-5-19(16-29)6-11-21/h2-16H,1H3,(H,27,28)/b13-7+. The van der Waals surface area contributed by atoms with Crippen molar-refractivity contribution in [3.63, 3.8) is 0 Å². The maximum atomic E-state index is 10.8. The minimum atomic E-state index is 0.679. The van der Waals surface area contributed by atoms with E-state index < -0.39 is 0 Å². The van der Waals surface area contributed by atoms with Gasteiger partial charge in [0, 0.05) is 11.1 Å². The van der Waals surface area contributed by atoms with Gasteiger partial charge in [-0.25, -0.2) is 4.98 Å². The average molecular weight is 399 g/mol. The molecule has 142 valence electrons. The van der Waals surface area contributed by atoms with Crippen molar-refractivity contribution in [2.45, 2.75) is 6.92 Å². The maximum absolute atomic E-state index is 10.8. The first-order valence-corrected chi connectivity index (χ1v) is 9.65. The number of nitrogens with one attached hydrogen (secondary N) is 1. The van der Waals surface area contributed by atoms with Gasteiger partial charge in [0.25, 0.3) is 0 Å². The number of hydrogen-bond donors (Lipinski definition) is 1.